The lowest BCUT2D eigenvalue weighted by Crippen LogP contribution is -2.60. The molecule has 210 valence electrons. The summed E-state index contributed by atoms with van der Waals surface area (Å²) in [6.07, 6.45) is 10.5. The van der Waals surface area contributed by atoms with Crippen LogP contribution in [0.15, 0.2) is 36.4 Å². The Labute approximate surface area is 236 Å². The zero-order chi connectivity index (χ0) is 27.5. The summed E-state index contributed by atoms with van der Waals surface area (Å²) < 4.78 is 6.56. The van der Waals surface area contributed by atoms with Crippen molar-refractivity contribution >= 4 is 35.0 Å². The van der Waals surface area contributed by atoms with Crippen molar-refractivity contribution in [3.8, 4) is 0 Å². The fourth-order valence-electron chi connectivity index (χ4n) is 8.11. The summed E-state index contributed by atoms with van der Waals surface area (Å²) in [6, 6.07) is 6.23. The molecule has 0 radical (unpaired) electrons. The van der Waals surface area contributed by atoms with E-state index in [1.165, 1.54) is 6.42 Å². The van der Waals surface area contributed by atoms with Crippen LogP contribution in [0.5, 0.6) is 0 Å². The van der Waals surface area contributed by atoms with Gasteiger partial charge in [0.2, 0.25) is 17.7 Å². The second-order valence-corrected chi connectivity index (χ2v) is 13.1. The molecule has 2 saturated heterocycles. The highest BCUT2D eigenvalue weighted by molar-refractivity contribution is 6.30. The van der Waals surface area contributed by atoms with Crippen molar-refractivity contribution in [3.05, 3.63) is 41.4 Å². The van der Waals surface area contributed by atoms with E-state index in [-0.39, 0.29) is 35.7 Å². The molecule has 2 bridgehead atoms. The number of nitrogens with one attached hydrogen (secondary N) is 2. The quantitative estimate of drug-likeness (QED) is 0.505. The minimum absolute atomic E-state index is 0.0441. The number of nitrogens with zero attached hydrogens (tertiary/aromatic N) is 1. The first-order chi connectivity index (χ1) is 18.7. The Morgan fingerprint density at radius 1 is 1.03 bits per heavy atom. The van der Waals surface area contributed by atoms with Crippen LogP contribution in [0.1, 0.15) is 65.7 Å². The van der Waals surface area contributed by atoms with Crippen molar-refractivity contribution in [3.63, 3.8) is 0 Å². The van der Waals surface area contributed by atoms with Gasteiger partial charge in [0.05, 0.1) is 17.9 Å². The van der Waals surface area contributed by atoms with Crippen LogP contribution in [0.2, 0.25) is 5.02 Å². The molecule has 4 fully saturated rings. The number of amides is 3. The van der Waals surface area contributed by atoms with Crippen LogP contribution >= 0.6 is 11.6 Å². The summed E-state index contributed by atoms with van der Waals surface area (Å²) in [4.78, 5) is 44.2. The smallest absolute Gasteiger partial charge is 0.246 e. The lowest BCUT2D eigenvalue weighted by molar-refractivity contribution is -0.146. The molecule has 2 aliphatic carbocycles. The molecule has 8 heteroatoms. The molecule has 39 heavy (non-hydrogen) atoms. The highest BCUT2D eigenvalue weighted by Gasteiger charge is 2.73. The summed E-state index contributed by atoms with van der Waals surface area (Å²) in [5, 5.41) is 6.84. The van der Waals surface area contributed by atoms with E-state index < -0.39 is 29.6 Å². The molecule has 1 aromatic carbocycles. The number of halogens is 1. The molecular formula is C31H40ClN3O4. The Morgan fingerprint density at radius 3 is 2.56 bits per heavy atom. The van der Waals surface area contributed by atoms with E-state index in [1.54, 1.807) is 24.3 Å². The largest absolute Gasteiger partial charge is 0.359 e. The van der Waals surface area contributed by atoms with Gasteiger partial charge in [-0.05, 0) is 55.2 Å². The van der Waals surface area contributed by atoms with Gasteiger partial charge in [-0.3, -0.25) is 14.4 Å². The minimum atomic E-state index is -1.14. The topological polar surface area (TPSA) is 87.7 Å². The lowest BCUT2D eigenvalue weighted by Gasteiger charge is -2.42. The summed E-state index contributed by atoms with van der Waals surface area (Å²) in [6.45, 7) is 6.64. The van der Waals surface area contributed by atoms with Gasteiger partial charge in [-0.2, -0.15) is 0 Å². The van der Waals surface area contributed by atoms with Crippen molar-refractivity contribution in [2.45, 2.75) is 95.5 Å². The van der Waals surface area contributed by atoms with E-state index in [4.69, 9.17) is 16.3 Å². The van der Waals surface area contributed by atoms with Gasteiger partial charge in [0.25, 0.3) is 0 Å². The van der Waals surface area contributed by atoms with Gasteiger partial charge in [0, 0.05) is 22.8 Å². The van der Waals surface area contributed by atoms with Crippen LogP contribution in [0.3, 0.4) is 0 Å². The number of anilines is 1. The number of ether oxygens (including phenoxy) is 1. The Hall–Kier alpha value is -2.38. The number of carbonyl (C=O) groups is 3. The average molecular weight is 554 g/mol. The molecule has 0 unspecified atom stereocenters. The third-order valence-corrected chi connectivity index (χ3v) is 10.6. The second-order valence-electron chi connectivity index (χ2n) is 12.7. The number of fused-ring (bicyclic) bond motifs is 1. The standard InChI is InChI=1S/C31H40ClN3O4/c1-17-9-6-12-22(19(17)3)34-29(37)27-31-15-14-24(39-31)25(28(36)33-21-11-7-10-20(32)16-21)26(31)30(38)35(27)23-13-5-4-8-18(23)2/h7,10-11,14-19,22-27H,4-6,8-9,12-13H2,1-3H3,(H,33,36)(H,34,37)/t17-,18+,19-,22+,23-,24+,25+,26+,27+,31+/m1/s1. The van der Waals surface area contributed by atoms with Crippen LogP contribution in [-0.4, -0.2) is 52.5 Å². The molecule has 5 aliphatic rings. The van der Waals surface area contributed by atoms with Crippen LogP contribution in [-0.2, 0) is 19.1 Å². The van der Waals surface area contributed by atoms with Crippen LogP contribution < -0.4 is 10.6 Å². The normalized spacial score (nSPS) is 41.0. The molecule has 1 spiro atoms. The Balaban J connectivity index is 1.34. The van der Waals surface area contributed by atoms with Gasteiger partial charge in [-0.1, -0.05) is 76.3 Å². The van der Waals surface area contributed by atoms with Gasteiger partial charge in [0.1, 0.15) is 11.6 Å². The Bertz CT molecular complexity index is 1190. The SMILES string of the molecule is C[C@@H]1[C@H](C)CCC[C@@H]1NC(=O)[C@@H]1N([C@@H]2CCCC[C@@H]2C)C(=O)[C@@H]2[C@@H](C(=O)Nc3cccc(Cl)c3)[C@@H]3C=C[C@]21O3. The van der Waals surface area contributed by atoms with Crippen molar-refractivity contribution in [2.24, 2.45) is 29.6 Å². The van der Waals surface area contributed by atoms with Gasteiger partial charge in [-0.15, -0.1) is 0 Å². The zero-order valence-corrected chi connectivity index (χ0v) is 23.8. The molecule has 2 N–H and O–H groups in total. The van der Waals surface area contributed by atoms with Crippen molar-refractivity contribution in [1.82, 2.24) is 10.2 Å². The number of hydrogen-bond acceptors (Lipinski definition) is 4. The summed E-state index contributed by atoms with van der Waals surface area (Å²) in [7, 11) is 0. The summed E-state index contributed by atoms with van der Waals surface area (Å²) in [5.74, 6) is -0.821. The number of benzene rings is 1. The molecule has 7 nitrogen and oxygen atoms in total. The van der Waals surface area contributed by atoms with Crippen molar-refractivity contribution < 1.29 is 19.1 Å². The van der Waals surface area contributed by atoms with E-state index >= 15 is 0 Å². The number of likely N-dealkylation sites (tertiary alicyclic amines) is 1. The van der Waals surface area contributed by atoms with Crippen LogP contribution in [0, 0.1) is 29.6 Å². The molecule has 3 amide bonds. The predicted molar refractivity (Wildman–Crippen MR) is 150 cm³/mol. The Kier molecular flexibility index (Phi) is 7.03. The third-order valence-electron chi connectivity index (χ3n) is 10.4. The fraction of sp³-hybridized carbons (Fsp3) is 0.645. The highest BCUT2D eigenvalue weighted by atomic mass is 35.5. The average Bonchev–Trinajstić information content (AvgIpc) is 3.54. The zero-order valence-electron chi connectivity index (χ0n) is 23.1. The maximum Gasteiger partial charge on any atom is 0.246 e. The number of carbonyl (C=O) groups excluding carboxylic acids is 3. The van der Waals surface area contributed by atoms with E-state index in [0.717, 1.165) is 38.5 Å². The molecule has 6 rings (SSSR count). The van der Waals surface area contributed by atoms with E-state index in [2.05, 4.69) is 31.4 Å². The first-order valence-corrected chi connectivity index (χ1v) is 15.1. The van der Waals surface area contributed by atoms with Gasteiger partial charge >= 0.3 is 0 Å². The van der Waals surface area contributed by atoms with Crippen molar-refractivity contribution in [1.29, 1.82) is 0 Å². The van der Waals surface area contributed by atoms with E-state index in [9.17, 15) is 14.4 Å². The minimum Gasteiger partial charge on any atom is -0.359 e. The van der Waals surface area contributed by atoms with Gasteiger partial charge < -0.3 is 20.3 Å². The van der Waals surface area contributed by atoms with Gasteiger partial charge in [0.15, 0.2) is 0 Å². The van der Waals surface area contributed by atoms with Gasteiger partial charge in [-0.25, -0.2) is 0 Å². The first-order valence-electron chi connectivity index (χ1n) is 14.8. The molecule has 10 atom stereocenters. The van der Waals surface area contributed by atoms with Crippen molar-refractivity contribution in [2.75, 3.05) is 5.32 Å². The van der Waals surface area contributed by atoms with E-state index in [1.807, 2.05) is 17.1 Å². The maximum atomic E-state index is 14.4. The predicted octanol–water partition coefficient (Wildman–Crippen LogP) is 4.95. The highest BCUT2D eigenvalue weighted by Crippen LogP contribution is 2.56. The number of hydrogen-bond donors (Lipinski definition) is 2. The maximum absolute atomic E-state index is 14.4. The second kappa shape index (κ2) is 10.2. The molecule has 3 heterocycles. The van der Waals surface area contributed by atoms with Crippen LogP contribution in [0.4, 0.5) is 5.69 Å². The molecule has 1 aromatic rings. The lowest BCUT2D eigenvalue weighted by atomic mass is 9.73. The summed E-state index contributed by atoms with van der Waals surface area (Å²) >= 11 is 6.14. The Morgan fingerprint density at radius 2 is 1.79 bits per heavy atom. The van der Waals surface area contributed by atoms with Crippen LogP contribution in [0.25, 0.3) is 0 Å². The monoisotopic (exact) mass is 553 g/mol. The number of rotatable bonds is 5. The summed E-state index contributed by atoms with van der Waals surface area (Å²) in [5.41, 5.74) is -0.561. The van der Waals surface area contributed by atoms with E-state index in [0.29, 0.717) is 22.5 Å². The third kappa shape index (κ3) is 4.40. The molecular weight excluding hydrogens is 514 g/mol. The first kappa shape index (κ1) is 26.8. The molecule has 0 aromatic heterocycles. The molecule has 3 aliphatic heterocycles. The molecule has 2 saturated carbocycles. The fourth-order valence-corrected chi connectivity index (χ4v) is 8.30.